The lowest BCUT2D eigenvalue weighted by atomic mass is 10.1. The van der Waals surface area contributed by atoms with Crippen molar-refractivity contribution in [2.75, 3.05) is 6.61 Å². The molecule has 80 valence electrons. The summed E-state index contributed by atoms with van der Waals surface area (Å²) in [6, 6.07) is 4.08. The molecule has 1 unspecified atom stereocenters. The van der Waals surface area contributed by atoms with E-state index >= 15 is 0 Å². The predicted molar refractivity (Wildman–Crippen MR) is 63.1 cm³/mol. The van der Waals surface area contributed by atoms with Crippen molar-refractivity contribution in [2.45, 2.75) is 19.9 Å². The fraction of sp³-hybridized carbons (Fsp3) is 0.455. The molecule has 2 rings (SSSR count). The quantitative estimate of drug-likeness (QED) is 0.827. The summed E-state index contributed by atoms with van der Waals surface area (Å²) in [4.78, 5) is 8.77. The highest BCUT2D eigenvalue weighted by Gasteiger charge is 2.24. The molecule has 0 aliphatic carbocycles. The van der Waals surface area contributed by atoms with Crippen LogP contribution in [0, 0.1) is 5.92 Å². The molecule has 0 saturated carbocycles. The Morgan fingerprint density at radius 3 is 2.93 bits per heavy atom. The number of ether oxygens (including phenoxy) is 1. The Morgan fingerprint density at radius 2 is 2.33 bits per heavy atom. The molecule has 15 heavy (non-hydrogen) atoms. The second-order valence-electron chi connectivity index (χ2n) is 3.89. The summed E-state index contributed by atoms with van der Waals surface area (Å²) in [5.74, 6) is 1.16. The molecule has 0 aromatic carbocycles. The van der Waals surface area contributed by atoms with Crippen molar-refractivity contribution in [3.05, 3.63) is 28.5 Å². The van der Waals surface area contributed by atoms with Gasteiger partial charge in [-0.05, 0) is 34.0 Å². The van der Waals surface area contributed by atoms with Crippen LogP contribution >= 0.6 is 15.9 Å². The Kier molecular flexibility index (Phi) is 3.05. The van der Waals surface area contributed by atoms with E-state index in [0.717, 1.165) is 10.2 Å². The number of aromatic nitrogens is 1. The van der Waals surface area contributed by atoms with Crippen LogP contribution in [-0.4, -0.2) is 23.5 Å². The van der Waals surface area contributed by atoms with Gasteiger partial charge in [0, 0.05) is 10.7 Å². The maximum atomic E-state index is 5.55. The van der Waals surface area contributed by atoms with Crippen molar-refractivity contribution in [2.24, 2.45) is 10.9 Å². The minimum atomic E-state index is 0.258. The SMILES string of the molecule is CC(C)C1COC(c2ncccc2Br)=N1. The lowest BCUT2D eigenvalue weighted by Gasteiger charge is -2.06. The third-order valence-electron chi connectivity index (χ3n) is 2.40. The van der Waals surface area contributed by atoms with Crippen LogP contribution in [0.15, 0.2) is 27.8 Å². The molecular weight excluding hydrogens is 256 g/mol. The van der Waals surface area contributed by atoms with Crippen LogP contribution in [0.2, 0.25) is 0 Å². The molecule has 1 aliphatic heterocycles. The molecule has 0 amide bonds. The van der Waals surface area contributed by atoms with Crippen molar-refractivity contribution in [3.8, 4) is 0 Å². The van der Waals surface area contributed by atoms with Gasteiger partial charge in [-0.2, -0.15) is 0 Å². The minimum absolute atomic E-state index is 0.258. The molecule has 1 atom stereocenters. The van der Waals surface area contributed by atoms with Gasteiger partial charge in [-0.25, -0.2) is 4.99 Å². The van der Waals surface area contributed by atoms with Gasteiger partial charge in [0.25, 0.3) is 0 Å². The van der Waals surface area contributed by atoms with Crippen LogP contribution < -0.4 is 0 Å². The summed E-state index contributed by atoms with van der Waals surface area (Å²) in [6.07, 6.45) is 1.74. The fourth-order valence-corrected chi connectivity index (χ4v) is 1.83. The van der Waals surface area contributed by atoms with Crippen LogP contribution in [0.3, 0.4) is 0 Å². The number of hydrogen-bond donors (Lipinski definition) is 0. The van der Waals surface area contributed by atoms with Gasteiger partial charge in [0.2, 0.25) is 5.90 Å². The molecule has 0 bridgehead atoms. The van der Waals surface area contributed by atoms with Gasteiger partial charge < -0.3 is 4.74 Å². The third-order valence-corrected chi connectivity index (χ3v) is 3.04. The van der Waals surface area contributed by atoms with Gasteiger partial charge in [0.15, 0.2) is 0 Å². The van der Waals surface area contributed by atoms with Crippen molar-refractivity contribution >= 4 is 21.8 Å². The first-order valence-electron chi connectivity index (χ1n) is 5.00. The van der Waals surface area contributed by atoms with Gasteiger partial charge in [-0.15, -0.1) is 0 Å². The van der Waals surface area contributed by atoms with E-state index in [1.54, 1.807) is 6.20 Å². The Hall–Kier alpha value is -0.900. The minimum Gasteiger partial charge on any atom is -0.474 e. The summed E-state index contributed by atoms with van der Waals surface area (Å²) < 4.78 is 6.48. The highest BCUT2D eigenvalue weighted by Crippen LogP contribution is 2.21. The molecule has 1 aromatic rings. The lowest BCUT2D eigenvalue weighted by molar-refractivity contribution is 0.291. The first-order chi connectivity index (χ1) is 7.18. The Labute approximate surface area is 97.7 Å². The van der Waals surface area contributed by atoms with E-state index in [4.69, 9.17) is 4.74 Å². The van der Waals surface area contributed by atoms with Crippen molar-refractivity contribution < 1.29 is 4.74 Å². The average molecular weight is 269 g/mol. The van der Waals surface area contributed by atoms with Crippen LogP contribution in [0.4, 0.5) is 0 Å². The van der Waals surface area contributed by atoms with Crippen molar-refractivity contribution in [1.82, 2.24) is 4.98 Å². The first-order valence-corrected chi connectivity index (χ1v) is 5.79. The maximum absolute atomic E-state index is 5.55. The number of hydrogen-bond acceptors (Lipinski definition) is 3. The molecular formula is C11H13BrN2O. The molecule has 2 heterocycles. The average Bonchev–Trinajstić information content (AvgIpc) is 2.67. The molecule has 0 spiro atoms. The zero-order chi connectivity index (χ0) is 10.8. The number of aliphatic imine (C=N–C) groups is 1. The van der Waals surface area contributed by atoms with Gasteiger partial charge in [0.1, 0.15) is 12.3 Å². The van der Waals surface area contributed by atoms with E-state index in [9.17, 15) is 0 Å². The van der Waals surface area contributed by atoms with Gasteiger partial charge in [0.05, 0.1) is 6.04 Å². The Balaban J connectivity index is 2.27. The van der Waals surface area contributed by atoms with Crippen molar-refractivity contribution in [3.63, 3.8) is 0 Å². The summed E-state index contributed by atoms with van der Waals surface area (Å²) in [5.41, 5.74) is 0.792. The number of nitrogens with zero attached hydrogens (tertiary/aromatic N) is 2. The van der Waals surface area contributed by atoms with E-state index in [0.29, 0.717) is 18.4 Å². The Bertz CT molecular complexity index is 390. The number of pyridine rings is 1. The smallest absolute Gasteiger partial charge is 0.236 e. The lowest BCUT2D eigenvalue weighted by Crippen LogP contribution is -2.13. The monoisotopic (exact) mass is 268 g/mol. The first kappa shape index (κ1) is 10.6. The van der Waals surface area contributed by atoms with E-state index < -0.39 is 0 Å². The van der Waals surface area contributed by atoms with E-state index in [1.165, 1.54) is 0 Å². The molecule has 1 aliphatic rings. The van der Waals surface area contributed by atoms with Gasteiger partial charge >= 0.3 is 0 Å². The van der Waals surface area contributed by atoms with Crippen LogP contribution in [0.25, 0.3) is 0 Å². The summed E-state index contributed by atoms with van der Waals surface area (Å²) in [7, 11) is 0. The fourth-order valence-electron chi connectivity index (χ4n) is 1.40. The highest BCUT2D eigenvalue weighted by molar-refractivity contribution is 9.10. The molecule has 1 aromatic heterocycles. The van der Waals surface area contributed by atoms with Gasteiger partial charge in [-0.3, -0.25) is 4.98 Å². The number of halogens is 1. The third kappa shape index (κ3) is 2.20. The zero-order valence-electron chi connectivity index (χ0n) is 8.77. The largest absolute Gasteiger partial charge is 0.474 e. The van der Waals surface area contributed by atoms with Crippen LogP contribution in [-0.2, 0) is 4.74 Å². The summed E-state index contributed by atoms with van der Waals surface area (Å²) in [6.45, 7) is 4.96. The second kappa shape index (κ2) is 4.31. The zero-order valence-corrected chi connectivity index (χ0v) is 10.4. The van der Waals surface area contributed by atoms with E-state index in [1.807, 2.05) is 12.1 Å². The normalized spacial score (nSPS) is 20.3. The van der Waals surface area contributed by atoms with Crippen LogP contribution in [0.5, 0.6) is 0 Å². The predicted octanol–water partition coefficient (Wildman–Crippen LogP) is 2.65. The van der Waals surface area contributed by atoms with Crippen molar-refractivity contribution in [1.29, 1.82) is 0 Å². The molecule has 0 saturated heterocycles. The number of rotatable bonds is 2. The summed E-state index contributed by atoms with van der Waals surface area (Å²) >= 11 is 3.44. The summed E-state index contributed by atoms with van der Waals surface area (Å²) in [5, 5.41) is 0. The van der Waals surface area contributed by atoms with E-state index in [2.05, 4.69) is 39.8 Å². The van der Waals surface area contributed by atoms with E-state index in [-0.39, 0.29) is 6.04 Å². The molecule has 0 N–H and O–H groups in total. The molecule has 3 nitrogen and oxygen atoms in total. The van der Waals surface area contributed by atoms with Crippen LogP contribution in [0.1, 0.15) is 19.5 Å². The Morgan fingerprint density at radius 1 is 1.53 bits per heavy atom. The van der Waals surface area contributed by atoms with Gasteiger partial charge in [-0.1, -0.05) is 13.8 Å². The molecule has 0 fully saturated rings. The topological polar surface area (TPSA) is 34.5 Å². The highest BCUT2D eigenvalue weighted by atomic mass is 79.9. The molecule has 0 radical (unpaired) electrons. The second-order valence-corrected chi connectivity index (χ2v) is 4.74. The maximum Gasteiger partial charge on any atom is 0.236 e. The molecule has 4 heteroatoms. The standard InChI is InChI=1S/C11H13BrN2O/c1-7(2)9-6-15-11(14-9)10-8(12)4-3-5-13-10/h3-5,7,9H,6H2,1-2H3.